The quantitative estimate of drug-likeness (QED) is 0.820. The topological polar surface area (TPSA) is 13.1 Å². The summed E-state index contributed by atoms with van der Waals surface area (Å²) in [4.78, 5) is 1.40. The molecule has 0 atom stereocenters. The van der Waals surface area contributed by atoms with Gasteiger partial charge in [0.15, 0.2) is 0 Å². The molecule has 0 N–H and O–H groups in total. The summed E-state index contributed by atoms with van der Waals surface area (Å²) in [5, 5.41) is 0. The van der Waals surface area contributed by atoms with E-state index in [2.05, 4.69) is 28.1 Å². The van der Waals surface area contributed by atoms with Crippen LogP contribution in [0.25, 0.3) is 0 Å². The summed E-state index contributed by atoms with van der Waals surface area (Å²) >= 11 is 7.12. The van der Waals surface area contributed by atoms with Crippen LogP contribution in [0.5, 0.6) is 0 Å². The van der Waals surface area contributed by atoms with Crippen molar-refractivity contribution in [3.63, 3.8) is 0 Å². The second-order valence-corrected chi connectivity index (χ2v) is 6.31. The molecule has 0 radical (unpaired) electrons. The SMILES string of the molecule is Brc1ccc(CSCc2ccco2)s1. The van der Waals surface area contributed by atoms with Crippen LogP contribution in [0.4, 0.5) is 0 Å². The van der Waals surface area contributed by atoms with Gasteiger partial charge < -0.3 is 4.42 Å². The zero-order valence-corrected chi connectivity index (χ0v) is 10.6. The molecule has 0 aliphatic carbocycles. The van der Waals surface area contributed by atoms with Crippen LogP contribution in [-0.4, -0.2) is 0 Å². The predicted molar refractivity (Wildman–Crippen MR) is 65.7 cm³/mol. The van der Waals surface area contributed by atoms with Crippen LogP contribution in [0.1, 0.15) is 10.6 Å². The second kappa shape index (κ2) is 5.05. The number of rotatable bonds is 4. The lowest BCUT2D eigenvalue weighted by Crippen LogP contribution is -1.76. The Morgan fingerprint density at radius 3 is 2.86 bits per heavy atom. The molecule has 2 aromatic heterocycles. The third kappa shape index (κ3) is 2.90. The van der Waals surface area contributed by atoms with Crippen molar-refractivity contribution < 1.29 is 4.42 Å². The van der Waals surface area contributed by atoms with Crippen molar-refractivity contribution in [2.45, 2.75) is 11.5 Å². The average Bonchev–Trinajstić information content (AvgIpc) is 2.77. The van der Waals surface area contributed by atoms with Crippen LogP contribution in [0, 0.1) is 0 Å². The Morgan fingerprint density at radius 1 is 1.29 bits per heavy atom. The third-order valence-corrected chi connectivity index (χ3v) is 4.51. The Balaban J connectivity index is 1.78. The Morgan fingerprint density at radius 2 is 2.21 bits per heavy atom. The van der Waals surface area contributed by atoms with E-state index in [9.17, 15) is 0 Å². The molecule has 2 heterocycles. The fraction of sp³-hybridized carbons (Fsp3) is 0.200. The van der Waals surface area contributed by atoms with Gasteiger partial charge in [0.2, 0.25) is 0 Å². The lowest BCUT2D eigenvalue weighted by Gasteiger charge is -1.95. The van der Waals surface area contributed by atoms with Gasteiger partial charge in [0, 0.05) is 10.6 Å². The maximum absolute atomic E-state index is 5.25. The van der Waals surface area contributed by atoms with E-state index in [1.165, 1.54) is 8.66 Å². The van der Waals surface area contributed by atoms with E-state index < -0.39 is 0 Å². The highest BCUT2D eigenvalue weighted by Gasteiger charge is 1.99. The number of thiophene rings is 1. The summed E-state index contributed by atoms with van der Waals surface area (Å²) in [6, 6.07) is 8.19. The first-order valence-electron chi connectivity index (χ1n) is 4.19. The normalized spacial score (nSPS) is 10.6. The Hall–Kier alpha value is -0.190. The highest BCUT2D eigenvalue weighted by molar-refractivity contribution is 9.11. The van der Waals surface area contributed by atoms with Gasteiger partial charge in [-0.15, -0.1) is 23.1 Å². The van der Waals surface area contributed by atoms with E-state index in [1.807, 2.05) is 23.9 Å². The molecule has 2 aromatic rings. The minimum Gasteiger partial charge on any atom is -0.468 e. The van der Waals surface area contributed by atoms with E-state index >= 15 is 0 Å². The van der Waals surface area contributed by atoms with Crippen molar-refractivity contribution in [3.8, 4) is 0 Å². The summed E-state index contributed by atoms with van der Waals surface area (Å²) in [7, 11) is 0. The number of furan rings is 1. The zero-order chi connectivity index (χ0) is 9.80. The first kappa shape index (κ1) is 10.3. The monoisotopic (exact) mass is 288 g/mol. The molecule has 4 heteroatoms. The van der Waals surface area contributed by atoms with Crippen LogP contribution in [0.2, 0.25) is 0 Å². The molecular weight excluding hydrogens is 280 g/mol. The molecule has 74 valence electrons. The summed E-state index contributed by atoms with van der Waals surface area (Å²) in [5.74, 6) is 3.05. The van der Waals surface area contributed by atoms with Crippen molar-refractivity contribution in [3.05, 3.63) is 45.0 Å². The van der Waals surface area contributed by atoms with E-state index in [4.69, 9.17) is 4.42 Å². The van der Waals surface area contributed by atoms with Gasteiger partial charge in [0.1, 0.15) is 5.76 Å². The molecule has 0 bridgehead atoms. The molecule has 0 fully saturated rings. The van der Waals surface area contributed by atoms with Gasteiger partial charge in [-0.05, 0) is 40.2 Å². The largest absolute Gasteiger partial charge is 0.468 e. The van der Waals surface area contributed by atoms with Crippen LogP contribution >= 0.6 is 39.0 Å². The van der Waals surface area contributed by atoms with Gasteiger partial charge in [-0.2, -0.15) is 0 Å². The molecule has 0 unspecified atom stereocenters. The Kier molecular flexibility index (Phi) is 3.73. The number of halogens is 1. The molecule has 0 saturated carbocycles. The second-order valence-electron chi connectivity index (χ2n) is 2.78. The van der Waals surface area contributed by atoms with E-state index in [0.717, 1.165) is 17.3 Å². The fourth-order valence-corrected chi connectivity index (χ4v) is 3.61. The molecule has 2 rings (SSSR count). The standard InChI is InChI=1S/C10H9BrOS2/c11-10-4-3-9(14-10)7-13-6-8-2-1-5-12-8/h1-5H,6-7H2. The summed E-state index contributed by atoms with van der Waals surface area (Å²) in [6.07, 6.45) is 1.72. The summed E-state index contributed by atoms with van der Waals surface area (Å²) < 4.78 is 6.45. The lowest BCUT2D eigenvalue weighted by molar-refractivity contribution is 0.530. The summed E-state index contributed by atoms with van der Waals surface area (Å²) in [6.45, 7) is 0. The van der Waals surface area contributed by atoms with Crippen molar-refractivity contribution >= 4 is 39.0 Å². The molecule has 0 amide bonds. The maximum atomic E-state index is 5.25. The minimum absolute atomic E-state index is 0.947. The average molecular weight is 289 g/mol. The number of hydrogen-bond donors (Lipinski definition) is 0. The highest BCUT2D eigenvalue weighted by atomic mass is 79.9. The van der Waals surface area contributed by atoms with Crippen molar-refractivity contribution in [2.24, 2.45) is 0 Å². The number of hydrogen-bond acceptors (Lipinski definition) is 3. The Bertz CT molecular complexity index is 380. The fourth-order valence-electron chi connectivity index (χ4n) is 1.08. The van der Waals surface area contributed by atoms with Gasteiger partial charge in [0.05, 0.1) is 15.8 Å². The van der Waals surface area contributed by atoms with Gasteiger partial charge in [0.25, 0.3) is 0 Å². The molecule has 0 saturated heterocycles. The van der Waals surface area contributed by atoms with Crippen molar-refractivity contribution in [2.75, 3.05) is 0 Å². The molecule has 0 spiro atoms. The highest BCUT2D eigenvalue weighted by Crippen LogP contribution is 2.26. The molecular formula is C10H9BrOS2. The molecule has 0 aliphatic rings. The smallest absolute Gasteiger partial charge is 0.113 e. The number of thioether (sulfide) groups is 1. The van der Waals surface area contributed by atoms with Crippen LogP contribution in [0.15, 0.2) is 38.7 Å². The zero-order valence-electron chi connectivity index (χ0n) is 7.40. The third-order valence-electron chi connectivity index (χ3n) is 1.70. The van der Waals surface area contributed by atoms with Gasteiger partial charge in [-0.1, -0.05) is 0 Å². The van der Waals surface area contributed by atoms with Crippen LogP contribution in [-0.2, 0) is 11.5 Å². The Labute approximate surface area is 99.6 Å². The van der Waals surface area contributed by atoms with Crippen LogP contribution < -0.4 is 0 Å². The van der Waals surface area contributed by atoms with Gasteiger partial charge in [-0.25, -0.2) is 0 Å². The van der Waals surface area contributed by atoms with Crippen molar-refractivity contribution in [1.82, 2.24) is 0 Å². The van der Waals surface area contributed by atoms with Crippen molar-refractivity contribution in [1.29, 1.82) is 0 Å². The van der Waals surface area contributed by atoms with E-state index in [1.54, 1.807) is 17.6 Å². The maximum Gasteiger partial charge on any atom is 0.113 e. The first-order chi connectivity index (χ1) is 6.84. The van der Waals surface area contributed by atoms with Gasteiger partial charge >= 0.3 is 0 Å². The van der Waals surface area contributed by atoms with Gasteiger partial charge in [-0.3, -0.25) is 0 Å². The predicted octanol–water partition coefficient (Wildman–Crippen LogP) is 4.54. The molecule has 0 aromatic carbocycles. The van der Waals surface area contributed by atoms with E-state index in [0.29, 0.717) is 0 Å². The summed E-state index contributed by atoms with van der Waals surface area (Å²) in [5.41, 5.74) is 0. The molecule has 0 aliphatic heterocycles. The minimum atomic E-state index is 0.947. The molecule has 1 nitrogen and oxygen atoms in total. The lowest BCUT2D eigenvalue weighted by atomic mass is 10.5. The first-order valence-corrected chi connectivity index (χ1v) is 6.95. The van der Waals surface area contributed by atoms with Crippen LogP contribution in [0.3, 0.4) is 0 Å². The molecule has 14 heavy (non-hydrogen) atoms. The van der Waals surface area contributed by atoms with E-state index in [-0.39, 0.29) is 0 Å².